The Morgan fingerprint density at radius 2 is 2.15 bits per heavy atom. The Kier molecular flexibility index (Phi) is 7.38. The Balaban J connectivity index is 1.50. The Morgan fingerprint density at radius 1 is 1.30 bits per heavy atom. The molecule has 0 saturated carbocycles. The summed E-state index contributed by atoms with van der Waals surface area (Å²) in [5.41, 5.74) is 5.36. The van der Waals surface area contributed by atoms with E-state index in [0.717, 1.165) is 57.0 Å². The number of aliphatic imine (C=N–C) groups is 1. The van der Waals surface area contributed by atoms with Crippen LogP contribution in [0.1, 0.15) is 37.9 Å². The van der Waals surface area contributed by atoms with E-state index in [1.807, 2.05) is 12.1 Å². The van der Waals surface area contributed by atoms with Crippen LogP contribution in [-0.2, 0) is 11.2 Å². The van der Waals surface area contributed by atoms with Gasteiger partial charge in [0.1, 0.15) is 5.76 Å². The molecule has 2 aliphatic rings. The first-order chi connectivity index (χ1) is 13.2. The number of carbonyl (C=O) groups is 1. The quantitative estimate of drug-likeness (QED) is 0.514. The molecule has 8 heteroatoms. The number of amides is 2. The zero-order valence-corrected chi connectivity index (χ0v) is 15.9. The van der Waals surface area contributed by atoms with Gasteiger partial charge in [0.25, 0.3) is 0 Å². The van der Waals surface area contributed by atoms with E-state index in [9.17, 15) is 4.79 Å². The first-order valence-electron chi connectivity index (χ1n) is 9.94. The molecule has 0 aliphatic carbocycles. The fourth-order valence-electron chi connectivity index (χ4n) is 3.49. The van der Waals surface area contributed by atoms with Crippen molar-refractivity contribution in [2.24, 2.45) is 10.7 Å². The second kappa shape index (κ2) is 10.2. The van der Waals surface area contributed by atoms with Crippen LogP contribution >= 0.6 is 0 Å². The largest absolute Gasteiger partial charge is 0.469 e. The first-order valence-corrected chi connectivity index (χ1v) is 9.94. The molecule has 2 saturated heterocycles. The molecule has 8 nitrogen and oxygen atoms in total. The summed E-state index contributed by atoms with van der Waals surface area (Å²) in [5.74, 6) is 1.75. The van der Waals surface area contributed by atoms with Gasteiger partial charge in [-0.25, -0.2) is 4.79 Å². The number of piperidine rings is 1. The number of hydrogen-bond donors (Lipinski definition) is 3. The minimum Gasteiger partial charge on any atom is -0.469 e. The number of ether oxygens (including phenoxy) is 1. The SMILES string of the molecule is NC(=O)N1CCC(NC(=NCC2CCCCO2)NCCc2ccco2)CC1. The average molecular weight is 377 g/mol. The van der Waals surface area contributed by atoms with E-state index < -0.39 is 0 Å². The smallest absolute Gasteiger partial charge is 0.314 e. The predicted molar refractivity (Wildman–Crippen MR) is 104 cm³/mol. The minimum absolute atomic E-state index is 0.208. The molecule has 3 rings (SSSR count). The first kappa shape index (κ1) is 19.5. The van der Waals surface area contributed by atoms with Crippen LogP contribution in [0.25, 0.3) is 0 Å². The van der Waals surface area contributed by atoms with Gasteiger partial charge < -0.3 is 30.4 Å². The van der Waals surface area contributed by atoms with Crippen molar-refractivity contribution in [3.05, 3.63) is 24.2 Å². The van der Waals surface area contributed by atoms with E-state index >= 15 is 0 Å². The predicted octanol–water partition coefficient (Wildman–Crippen LogP) is 1.47. The number of carbonyl (C=O) groups excluding carboxylic acids is 1. The molecule has 0 bridgehead atoms. The Labute approximate surface area is 160 Å². The normalized spacial score (nSPS) is 21.9. The minimum atomic E-state index is -0.339. The highest BCUT2D eigenvalue weighted by molar-refractivity contribution is 5.80. The molecule has 1 aromatic rings. The summed E-state index contributed by atoms with van der Waals surface area (Å²) < 4.78 is 11.2. The van der Waals surface area contributed by atoms with Crippen molar-refractivity contribution < 1.29 is 13.9 Å². The van der Waals surface area contributed by atoms with Crippen LogP contribution < -0.4 is 16.4 Å². The number of urea groups is 1. The maximum Gasteiger partial charge on any atom is 0.314 e. The van der Waals surface area contributed by atoms with Crippen molar-refractivity contribution >= 4 is 12.0 Å². The van der Waals surface area contributed by atoms with Gasteiger partial charge in [-0.3, -0.25) is 4.99 Å². The van der Waals surface area contributed by atoms with Crippen LogP contribution in [-0.4, -0.2) is 61.8 Å². The molecule has 2 amide bonds. The van der Waals surface area contributed by atoms with Crippen molar-refractivity contribution in [3.63, 3.8) is 0 Å². The van der Waals surface area contributed by atoms with Crippen LogP contribution in [0, 0.1) is 0 Å². The number of rotatable bonds is 6. The second-order valence-corrected chi connectivity index (χ2v) is 7.18. The second-order valence-electron chi connectivity index (χ2n) is 7.18. The lowest BCUT2D eigenvalue weighted by Gasteiger charge is -2.32. The molecule has 1 unspecified atom stereocenters. The molecule has 2 fully saturated rings. The summed E-state index contributed by atoms with van der Waals surface area (Å²) in [4.78, 5) is 17.7. The number of hydrogen-bond acceptors (Lipinski definition) is 4. The Bertz CT molecular complexity index is 590. The van der Waals surface area contributed by atoms with Crippen LogP contribution in [0.5, 0.6) is 0 Å². The van der Waals surface area contributed by atoms with Gasteiger partial charge in [-0.1, -0.05) is 0 Å². The number of primary amides is 1. The summed E-state index contributed by atoms with van der Waals surface area (Å²) in [6.45, 7) is 3.60. The molecular weight excluding hydrogens is 346 g/mol. The zero-order chi connectivity index (χ0) is 18.9. The summed E-state index contributed by atoms with van der Waals surface area (Å²) in [6, 6.07) is 3.81. The lowest BCUT2D eigenvalue weighted by Crippen LogP contribution is -2.51. The van der Waals surface area contributed by atoms with Gasteiger partial charge >= 0.3 is 6.03 Å². The number of nitrogens with zero attached hydrogens (tertiary/aromatic N) is 2. The van der Waals surface area contributed by atoms with Gasteiger partial charge in [0.05, 0.1) is 18.9 Å². The summed E-state index contributed by atoms with van der Waals surface area (Å²) in [6.07, 6.45) is 7.84. The van der Waals surface area contributed by atoms with Crippen LogP contribution in [0.15, 0.2) is 27.8 Å². The number of nitrogens with two attached hydrogens (primary N) is 1. The zero-order valence-electron chi connectivity index (χ0n) is 15.9. The van der Waals surface area contributed by atoms with Gasteiger partial charge in [-0.2, -0.15) is 0 Å². The topological polar surface area (TPSA) is 105 Å². The van der Waals surface area contributed by atoms with E-state index in [4.69, 9.17) is 19.9 Å². The highest BCUT2D eigenvalue weighted by Gasteiger charge is 2.22. The van der Waals surface area contributed by atoms with Crippen molar-refractivity contribution in [3.8, 4) is 0 Å². The van der Waals surface area contributed by atoms with E-state index in [2.05, 4.69) is 10.6 Å². The van der Waals surface area contributed by atoms with Crippen molar-refractivity contribution in [1.82, 2.24) is 15.5 Å². The summed E-state index contributed by atoms with van der Waals surface area (Å²) >= 11 is 0. The molecule has 4 N–H and O–H groups in total. The molecule has 150 valence electrons. The summed E-state index contributed by atoms with van der Waals surface area (Å²) in [5, 5.41) is 6.91. The molecular formula is C19H31N5O3. The summed E-state index contributed by atoms with van der Waals surface area (Å²) in [7, 11) is 0. The third-order valence-electron chi connectivity index (χ3n) is 5.12. The van der Waals surface area contributed by atoms with Gasteiger partial charge in [0, 0.05) is 38.7 Å². The van der Waals surface area contributed by atoms with Crippen LogP contribution in [0.2, 0.25) is 0 Å². The highest BCUT2D eigenvalue weighted by atomic mass is 16.5. The van der Waals surface area contributed by atoms with E-state index in [0.29, 0.717) is 19.6 Å². The number of nitrogens with one attached hydrogen (secondary N) is 2. The Hall–Kier alpha value is -2.22. The van der Waals surface area contributed by atoms with E-state index in [1.165, 1.54) is 6.42 Å². The average Bonchev–Trinajstić information content (AvgIpc) is 3.21. The fourth-order valence-corrected chi connectivity index (χ4v) is 3.49. The molecule has 0 spiro atoms. The number of furan rings is 1. The standard InChI is InChI=1S/C19H31N5O3/c20-18(25)24-10-7-15(8-11-24)23-19(21-9-6-16-5-3-13-26-16)22-14-17-4-1-2-12-27-17/h3,5,13,15,17H,1-2,4,6-12,14H2,(H2,20,25)(H2,21,22,23). The lowest BCUT2D eigenvalue weighted by atomic mass is 10.1. The lowest BCUT2D eigenvalue weighted by molar-refractivity contribution is 0.0224. The maximum atomic E-state index is 11.3. The highest BCUT2D eigenvalue weighted by Crippen LogP contribution is 2.13. The van der Waals surface area contributed by atoms with Gasteiger partial charge in [0.2, 0.25) is 0 Å². The maximum absolute atomic E-state index is 11.3. The number of guanidine groups is 1. The third kappa shape index (κ3) is 6.46. The van der Waals surface area contributed by atoms with E-state index in [1.54, 1.807) is 11.2 Å². The number of likely N-dealkylation sites (tertiary alicyclic amines) is 1. The molecule has 1 atom stereocenters. The fraction of sp³-hybridized carbons (Fsp3) is 0.684. The van der Waals surface area contributed by atoms with E-state index in [-0.39, 0.29) is 18.2 Å². The van der Waals surface area contributed by atoms with Crippen LogP contribution in [0.3, 0.4) is 0 Å². The van der Waals surface area contributed by atoms with Gasteiger partial charge in [-0.15, -0.1) is 0 Å². The van der Waals surface area contributed by atoms with Crippen molar-refractivity contribution in [2.45, 2.75) is 50.7 Å². The molecule has 2 aliphatic heterocycles. The molecule has 1 aromatic heterocycles. The molecule has 3 heterocycles. The molecule has 0 aromatic carbocycles. The van der Waals surface area contributed by atoms with Crippen LogP contribution in [0.4, 0.5) is 4.79 Å². The van der Waals surface area contributed by atoms with Crippen molar-refractivity contribution in [1.29, 1.82) is 0 Å². The van der Waals surface area contributed by atoms with Gasteiger partial charge in [-0.05, 0) is 44.2 Å². The van der Waals surface area contributed by atoms with Gasteiger partial charge in [0.15, 0.2) is 5.96 Å². The molecule has 0 radical (unpaired) electrons. The Morgan fingerprint density at radius 3 is 2.81 bits per heavy atom. The monoisotopic (exact) mass is 377 g/mol. The molecule has 27 heavy (non-hydrogen) atoms. The third-order valence-corrected chi connectivity index (χ3v) is 5.12. The van der Waals surface area contributed by atoms with Crippen molar-refractivity contribution in [2.75, 3.05) is 32.8 Å².